The number of benzene rings is 2. The third-order valence-corrected chi connectivity index (χ3v) is 7.89. The molecule has 0 aromatic heterocycles. The SMILES string of the molecule is CCCNc1ccc(S(=O)(=O)N(CC)CC)cc1NS(=O)(=O)c1cccc(Cl)c1. The second-order valence-corrected chi connectivity index (χ2v) is 10.3. The van der Waals surface area contributed by atoms with Crippen molar-refractivity contribution in [3.63, 3.8) is 0 Å². The van der Waals surface area contributed by atoms with Crippen molar-refractivity contribution in [2.75, 3.05) is 29.7 Å². The van der Waals surface area contributed by atoms with Crippen molar-refractivity contribution >= 4 is 43.0 Å². The van der Waals surface area contributed by atoms with Crippen LogP contribution in [-0.2, 0) is 20.0 Å². The van der Waals surface area contributed by atoms with E-state index in [-0.39, 0.29) is 20.5 Å². The Bertz CT molecular complexity index is 1050. The standard InChI is InChI=1S/C19H26ClN3O4S2/c1-4-12-21-18-11-10-17(29(26,27)23(5-2)6-3)14-19(18)22-28(24,25)16-9-7-8-15(20)13-16/h7-11,13-14,21-22H,4-6,12H2,1-3H3. The number of hydrogen-bond acceptors (Lipinski definition) is 5. The van der Waals surface area contributed by atoms with E-state index in [1.165, 1.54) is 34.6 Å². The fourth-order valence-electron chi connectivity index (χ4n) is 2.73. The van der Waals surface area contributed by atoms with E-state index < -0.39 is 20.0 Å². The molecule has 0 aliphatic carbocycles. The Labute approximate surface area is 178 Å². The van der Waals surface area contributed by atoms with Crippen molar-refractivity contribution in [2.24, 2.45) is 0 Å². The minimum Gasteiger partial charge on any atom is -0.383 e. The average molecular weight is 460 g/mol. The van der Waals surface area contributed by atoms with Gasteiger partial charge in [0.05, 0.1) is 21.2 Å². The predicted molar refractivity (Wildman–Crippen MR) is 118 cm³/mol. The van der Waals surface area contributed by atoms with Crippen LogP contribution >= 0.6 is 11.6 Å². The third kappa shape index (κ3) is 5.63. The maximum absolute atomic E-state index is 12.9. The lowest BCUT2D eigenvalue weighted by Gasteiger charge is -2.20. The molecule has 0 aliphatic heterocycles. The molecule has 2 N–H and O–H groups in total. The van der Waals surface area contributed by atoms with Crippen molar-refractivity contribution in [1.29, 1.82) is 0 Å². The smallest absolute Gasteiger partial charge is 0.262 e. The van der Waals surface area contributed by atoms with E-state index in [1.54, 1.807) is 26.0 Å². The summed E-state index contributed by atoms with van der Waals surface area (Å²) in [5.74, 6) is 0. The highest BCUT2D eigenvalue weighted by Crippen LogP contribution is 2.30. The lowest BCUT2D eigenvalue weighted by atomic mass is 10.2. The molecule has 0 radical (unpaired) electrons. The molecule has 2 rings (SSSR count). The first-order valence-corrected chi connectivity index (χ1v) is 12.6. The lowest BCUT2D eigenvalue weighted by Crippen LogP contribution is -2.30. The Morgan fingerprint density at radius 2 is 1.59 bits per heavy atom. The highest BCUT2D eigenvalue weighted by atomic mass is 35.5. The molecule has 0 bridgehead atoms. The molecule has 29 heavy (non-hydrogen) atoms. The maximum Gasteiger partial charge on any atom is 0.262 e. The molecule has 0 atom stereocenters. The molecule has 0 heterocycles. The van der Waals surface area contributed by atoms with Crippen LogP contribution in [0.4, 0.5) is 11.4 Å². The van der Waals surface area contributed by atoms with E-state index in [4.69, 9.17) is 11.6 Å². The lowest BCUT2D eigenvalue weighted by molar-refractivity contribution is 0.445. The van der Waals surface area contributed by atoms with Crippen molar-refractivity contribution in [3.05, 3.63) is 47.5 Å². The zero-order valence-corrected chi connectivity index (χ0v) is 19.0. The molecule has 2 aromatic rings. The van der Waals surface area contributed by atoms with Crippen LogP contribution < -0.4 is 10.0 Å². The second-order valence-electron chi connectivity index (χ2n) is 6.29. The Morgan fingerprint density at radius 1 is 0.897 bits per heavy atom. The summed E-state index contributed by atoms with van der Waals surface area (Å²) in [7, 11) is -7.70. The van der Waals surface area contributed by atoms with Gasteiger partial charge in [-0.2, -0.15) is 4.31 Å². The number of nitrogens with one attached hydrogen (secondary N) is 2. The van der Waals surface area contributed by atoms with Gasteiger partial charge in [-0.05, 0) is 42.8 Å². The van der Waals surface area contributed by atoms with Crippen LogP contribution in [0, 0.1) is 0 Å². The average Bonchev–Trinajstić information content (AvgIpc) is 2.67. The van der Waals surface area contributed by atoms with Gasteiger partial charge in [0.1, 0.15) is 0 Å². The van der Waals surface area contributed by atoms with Gasteiger partial charge in [-0.25, -0.2) is 16.8 Å². The molecule has 2 aromatic carbocycles. The summed E-state index contributed by atoms with van der Waals surface area (Å²) < 4.78 is 55.2. The van der Waals surface area contributed by atoms with E-state index in [0.717, 1.165) is 6.42 Å². The summed E-state index contributed by atoms with van der Waals surface area (Å²) in [4.78, 5) is 0.00971. The number of nitrogens with zero attached hydrogens (tertiary/aromatic N) is 1. The maximum atomic E-state index is 12.9. The fourth-order valence-corrected chi connectivity index (χ4v) is 5.59. The minimum absolute atomic E-state index is 0.0107. The monoisotopic (exact) mass is 459 g/mol. The largest absolute Gasteiger partial charge is 0.383 e. The first-order chi connectivity index (χ1) is 13.7. The van der Waals surface area contributed by atoms with E-state index >= 15 is 0 Å². The van der Waals surface area contributed by atoms with Gasteiger partial charge in [0, 0.05) is 24.7 Å². The Morgan fingerprint density at radius 3 is 2.17 bits per heavy atom. The van der Waals surface area contributed by atoms with Crippen molar-refractivity contribution in [3.8, 4) is 0 Å². The number of hydrogen-bond donors (Lipinski definition) is 2. The molecule has 160 valence electrons. The van der Waals surface area contributed by atoms with Gasteiger partial charge in [-0.15, -0.1) is 0 Å². The number of sulfonamides is 2. The zero-order valence-electron chi connectivity index (χ0n) is 16.6. The fraction of sp³-hybridized carbons (Fsp3) is 0.368. The summed E-state index contributed by atoms with van der Waals surface area (Å²) in [6.45, 7) is 6.72. The summed E-state index contributed by atoms with van der Waals surface area (Å²) in [6, 6.07) is 10.3. The third-order valence-electron chi connectivity index (χ3n) is 4.25. The number of rotatable bonds is 10. The van der Waals surface area contributed by atoms with Gasteiger partial charge in [0.2, 0.25) is 10.0 Å². The molecule has 0 amide bonds. The summed E-state index contributed by atoms with van der Waals surface area (Å²) in [5.41, 5.74) is 0.655. The minimum atomic E-state index is -3.96. The van der Waals surface area contributed by atoms with Crippen LogP contribution in [0.2, 0.25) is 5.02 Å². The molecular formula is C19H26ClN3O4S2. The first-order valence-electron chi connectivity index (χ1n) is 9.32. The van der Waals surface area contributed by atoms with E-state index in [1.807, 2.05) is 6.92 Å². The van der Waals surface area contributed by atoms with Crippen LogP contribution in [0.25, 0.3) is 0 Å². The number of halogens is 1. The molecule has 0 spiro atoms. The predicted octanol–water partition coefficient (Wildman–Crippen LogP) is 3.99. The van der Waals surface area contributed by atoms with Crippen LogP contribution in [0.1, 0.15) is 27.2 Å². The molecule has 0 aliphatic rings. The van der Waals surface area contributed by atoms with E-state index in [0.29, 0.717) is 25.3 Å². The van der Waals surface area contributed by atoms with Crippen LogP contribution in [0.3, 0.4) is 0 Å². The normalized spacial score (nSPS) is 12.2. The molecule has 7 nitrogen and oxygen atoms in total. The molecule has 0 saturated carbocycles. The van der Waals surface area contributed by atoms with E-state index in [9.17, 15) is 16.8 Å². The van der Waals surface area contributed by atoms with Crippen LogP contribution in [0.15, 0.2) is 52.3 Å². The summed E-state index contributed by atoms with van der Waals surface area (Å²) in [5, 5.41) is 3.41. The van der Waals surface area contributed by atoms with Gasteiger partial charge in [0.25, 0.3) is 10.0 Å². The molecular weight excluding hydrogens is 434 g/mol. The summed E-state index contributed by atoms with van der Waals surface area (Å²) >= 11 is 5.92. The molecule has 0 unspecified atom stereocenters. The van der Waals surface area contributed by atoms with Gasteiger partial charge >= 0.3 is 0 Å². The van der Waals surface area contributed by atoms with Crippen LogP contribution in [-0.4, -0.2) is 40.8 Å². The molecule has 0 fully saturated rings. The topological polar surface area (TPSA) is 95.6 Å². The quantitative estimate of drug-likeness (QED) is 0.560. The van der Waals surface area contributed by atoms with Crippen molar-refractivity contribution < 1.29 is 16.8 Å². The van der Waals surface area contributed by atoms with Gasteiger partial charge < -0.3 is 5.32 Å². The van der Waals surface area contributed by atoms with Crippen molar-refractivity contribution in [2.45, 2.75) is 37.0 Å². The Hall–Kier alpha value is -1.81. The molecule has 10 heteroatoms. The van der Waals surface area contributed by atoms with Gasteiger partial charge in [0.15, 0.2) is 0 Å². The van der Waals surface area contributed by atoms with Crippen molar-refractivity contribution in [1.82, 2.24) is 4.31 Å². The highest BCUT2D eigenvalue weighted by Gasteiger charge is 2.24. The second kappa shape index (κ2) is 9.80. The molecule has 0 saturated heterocycles. The highest BCUT2D eigenvalue weighted by molar-refractivity contribution is 7.92. The van der Waals surface area contributed by atoms with Crippen LogP contribution in [0.5, 0.6) is 0 Å². The van der Waals surface area contributed by atoms with Gasteiger partial charge in [-0.3, -0.25) is 4.72 Å². The van der Waals surface area contributed by atoms with Gasteiger partial charge in [-0.1, -0.05) is 38.4 Å². The Balaban J connectivity index is 2.52. The summed E-state index contributed by atoms with van der Waals surface area (Å²) in [6.07, 6.45) is 0.819. The first kappa shape index (κ1) is 23.5. The zero-order chi connectivity index (χ0) is 21.7. The Kier molecular flexibility index (Phi) is 7.93. The van der Waals surface area contributed by atoms with E-state index in [2.05, 4.69) is 10.0 Å². The number of anilines is 2.